The van der Waals surface area contributed by atoms with E-state index < -0.39 is 0 Å². The Morgan fingerprint density at radius 1 is 1.53 bits per heavy atom. The van der Waals surface area contributed by atoms with Crippen LogP contribution < -0.4 is 0 Å². The summed E-state index contributed by atoms with van der Waals surface area (Å²) in [4.78, 5) is 14.1. The first kappa shape index (κ1) is 14.6. The van der Waals surface area contributed by atoms with Gasteiger partial charge in [0, 0.05) is 30.2 Å². The van der Waals surface area contributed by atoms with Gasteiger partial charge in [-0.05, 0) is 46.1 Å². The molecule has 0 bridgehead atoms. The zero-order valence-corrected chi connectivity index (χ0v) is 13.0. The zero-order chi connectivity index (χ0) is 13.8. The van der Waals surface area contributed by atoms with Crippen LogP contribution in [0.2, 0.25) is 5.02 Å². The van der Waals surface area contributed by atoms with Crippen molar-refractivity contribution in [3.05, 3.63) is 44.9 Å². The number of carbonyl (C=O) groups excluding carboxylic acids is 1. The van der Waals surface area contributed by atoms with Crippen molar-refractivity contribution >= 4 is 33.4 Å². The Hall–Kier alpha value is -0.840. The van der Waals surface area contributed by atoms with Crippen LogP contribution in [-0.4, -0.2) is 37.6 Å². The molecular formula is C14H15BrClNO2. The smallest absolute Gasteiger partial charge is 0.254 e. The van der Waals surface area contributed by atoms with Crippen molar-refractivity contribution in [2.45, 2.75) is 6.42 Å². The van der Waals surface area contributed by atoms with E-state index in [2.05, 4.69) is 22.0 Å². The van der Waals surface area contributed by atoms with Crippen molar-refractivity contribution in [2.75, 3.05) is 26.8 Å². The zero-order valence-electron chi connectivity index (χ0n) is 10.7. The molecule has 0 saturated heterocycles. The van der Waals surface area contributed by atoms with Gasteiger partial charge < -0.3 is 9.64 Å². The Balaban J connectivity index is 2.07. The van der Waals surface area contributed by atoms with E-state index in [1.54, 1.807) is 25.3 Å². The Bertz CT molecular complexity index is 516. The maximum atomic E-state index is 12.3. The highest BCUT2D eigenvalue weighted by molar-refractivity contribution is 9.10. The number of amides is 1. The highest BCUT2D eigenvalue weighted by Gasteiger charge is 2.19. The third-order valence-electron chi connectivity index (χ3n) is 3.09. The van der Waals surface area contributed by atoms with Crippen molar-refractivity contribution in [3.63, 3.8) is 0 Å². The van der Waals surface area contributed by atoms with Gasteiger partial charge in [-0.2, -0.15) is 0 Å². The lowest BCUT2D eigenvalue weighted by molar-refractivity contribution is 0.0765. The Morgan fingerprint density at radius 2 is 2.32 bits per heavy atom. The monoisotopic (exact) mass is 343 g/mol. The van der Waals surface area contributed by atoms with Gasteiger partial charge in [0.15, 0.2) is 0 Å². The molecule has 0 atom stereocenters. The van der Waals surface area contributed by atoms with Crippen LogP contribution >= 0.6 is 27.5 Å². The molecule has 0 aromatic heterocycles. The van der Waals surface area contributed by atoms with E-state index >= 15 is 0 Å². The van der Waals surface area contributed by atoms with E-state index in [1.165, 1.54) is 5.57 Å². The highest BCUT2D eigenvalue weighted by Crippen LogP contribution is 2.24. The molecule has 0 unspecified atom stereocenters. The van der Waals surface area contributed by atoms with Crippen molar-refractivity contribution in [3.8, 4) is 0 Å². The van der Waals surface area contributed by atoms with Crippen LogP contribution in [-0.2, 0) is 4.74 Å². The molecule has 0 N–H and O–H groups in total. The maximum Gasteiger partial charge on any atom is 0.254 e. The maximum absolute atomic E-state index is 12.3. The average molecular weight is 345 g/mol. The van der Waals surface area contributed by atoms with Gasteiger partial charge in [0.2, 0.25) is 0 Å². The minimum Gasteiger partial charge on any atom is -0.380 e. The molecule has 0 fully saturated rings. The molecule has 1 aliphatic rings. The topological polar surface area (TPSA) is 29.5 Å². The molecule has 5 heteroatoms. The largest absolute Gasteiger partial charge is 0.380 e. The molecule has 3 nitrogen and oxygen atoms in total. The lowest BCUT2D eigenvalue weighted by Gasteiger charge is -2.26. The number of carbonyl (C=O) groups is 1. The van der Waals surface area contributed by atoms with Gasteiger partial charge in [0.25, 0.3) is 5.91 Å². The molecule has 1 heterocycles. The van der Waals surface area contributed by atoms with Gasteiger partial charge in [-0.15, -0.1) is 0 Å². The molecule has 102 valence electrons. The summed E-state index contributed by atoms with van der Waals surface area (Å²) in [6, 6.07) is 5.28. The lowest BCUT2D eigenvalue weighted by Crippen LogP contribution is -2.35. The number of hydrogen-bond donors (Lipinski definition) is 0. The first-order chi connectivity index (χ1) is 9.11. The summed E-state index contributed by atoms with van der Waals surface area (Å²) >= 11 is 9.33. The number of nitrogens with zero attached hydrogens (tertiary/aromatic N) is 1. The third-order valence-corrected chi connectivity index (χ3v) is 4.32. The summed E-state index contributed by atoms with van der Waals surface area (Å²) in [6.45, 7) is 2.00. The first-order valence-corrected chi connectivity index (χ1v) is 7.20. The van der Waals surface area contributed by atoms with E-state index in [4.69, 9.17) is 16.3 Å². The second-order valence-electron chi connectivity index (χ2n) is 4.43. The summed E-state index contributed by atoms with van der Waals surface area (Å²) in [5.41, 5.74) is 1.87. The number of benzene rings is 1. The standard InChI is InChI=1S/C14H15BrClNO2/c1-19-9-10-4-6-17(7-5-10)14(18)11-2-3-12(15)13(16)8-11/h2-4,8H,5-7,9H2,1H3. The van der Waals surface area contributed by atoms with E-state index in [9.17, 15) is 4.79 Å². The quantitative estimate of drug-likeness (QED) is 0.785. The molecule has 0 saturated carbocycles. The number of ether oxygens (including phenoxy) is 1. The van der Waals surface area contributed by atoms with E-state index in [0.29, 0.717) is 23.7 Å². The van der Waals surface area contributed by atoms with Crippen LogP contribution in [0.1, 0.15) is 16.8 Å². The summed E-state index contributed by atoms with van der Waals surface area (Å²) in [5.74, 6) is 0.0158. The van der Waals surface area contributed by atoms with Crippen LogP contribution in [0.15, 0.2) is 34.3 Å². The van der Waals surface area contributed by atoms with Crippen molar-refractivity contribution in [2.24, 2.45) is 0 Å². The van der Waals surface area contributed by atoms with Crippen LogP contribution in [0.3, 0.4) is 0 Å². The van der Waals surface area contributed by atoms with Crippen molar-refractivity contribution in [1.29, 1.82) is 0 Å². The molecule has 1 aromatic rings. The minimum atomic E-state index is 0.0158. The van der Waals surface area contributed by atoms with Gasteiger partial charge in [-0.25, -0.2) is 0 Å². The van der Waals surface area contributed by atoms with Gasteiger partial charge in [0.1, 0.15) is 0 Å². The minimum absolute atomic E-state index is 0.0158. The van der Waals surface area contributed by atoms with Crippen LogP contribution in [0.25, 0.3) is 0 Å². The van der Waals surface area contributed by atoms with E-state index in [-0.39, 0.29) is 5.91 Å². The Morgan fingerprint density at radius 3 is 2.89 bits per heavy atom. The molecule has 1 aliphatic heterocycles. The van der Waals surface area contributed by atoms with Crippen molar-refractivity contribution < 1.29 is 9.53 Å². The normalized spacial score (nSPS) is 15.3. The first-order valence-electron chi connectivity index (χ1n) is 6.03. The van der Waals surface area contributed by atoms with E-state index in [0.717, 1.165) is 17.4 Å². The highest BCUT2D eigenvalue weighted by atomic mass is 79.9. The second-order valence-corrected chi connectivity index (χ2v) is 5.69. The van der Waals surface area contributed by atoms with Crippen LogP contribution in [0.4, 0.5) is 0 Å². The molecular weight excluding hydrogens is 330 g/mol. The third kappa shape index (κ3) is 3.59. The molecule has 2 rings (SSSR count). The number of halogens is 2. The molecule has 19 heavy (non-hydrogen) atoms. The van der Waals surface area contributed by atoms with Gasteiger partial charge in [0.05, 0.1) is 11.6 Å². The predicted octanol–water partition coefficient (Wildman–Crippen LogP) is 3.52. The average Bonchev–Trinajstić information content (AvgIpc) is 2.42. The summed E-state index contributed by atoms with van der Waals surface area (Å²) in [5, 5.41) is 0.554. The predicted molar refractivity (Wildman–Crippen MR) is 79.6 cm³/mol. The molecule has 1 amide bonds. The fourth-order valence-electron chi connectivity index (χ4n) is 2.02. The summed E-state index contributed by atoms with van der Waals surface area (Å²) < 4.78 is 5.89. The number of rotatable bonds is 3. The summed E-state index contributed by atoms with van der Waals surface area (Å²) in [7, 11) is 1.68. The van der Waals surface area contributed by atoms with Crippen molar-refractivity contribution in [1.82, 2.24) is 4.90 Å². The van der Waals surface area contributed by atoms with Gasteiger partial charge >= 0.3 is 0 Å². The molecule has 0 aliphatic carbocycles. The molecule has 0 spiro atoms. The Kier molecular flexibility index (Phi) is 5.02. The van der Waals surface area contributed by atoms with Crippen LogP contribution in [0.5, 0.6) is 0 Å². The molecule has 0 radical (unpaired) electrons. The second kappa shape index (κ2) is 6.55. The Labute approximate surface area is 126 Å². The van der Waals surface area contributed by atoms with Gasteiger partial charge in [-0.3, -0.25) is 4.79 Å². The molecule has 1 aromatic carbocycles. The SMILES string of the molecule is COCC1=CCN(C(=O)c2ccc(Br)c(Cl)c2)CC1. The van der Waals surface area contributed by atoms with Crippen LogP contribution in [0, 0.1) is 0 Å². The fourth-order valence-corrected chi connectivity index (χ4v) is 2.45. The van der Waals surface area contributed by atoms with E-state index in [1.807, 2.05) is 4.90 Å². The number of hydrogen-bond acceptors (Lipinski definition) is 2. The van der Waals surface area contributed by atoms with Gasteiger partial charge in [-0.1, -0.05) is 17.7 Å². The lowest BCUT2D eigenvalue weighted by atomic mass is 10.1. The fraction of sp³-hybridized carbons (Fsp3) is 0.357. The summed E-state index contributed by atoms with van der Waals surface area (Å²) in [6.07, 6.45) is 2.93. The number of methoxy groups -OCH3 is 1.